The van der Waals surface area contributed by atoms with E-state index < -0.39 is 5.54 Å². The standard InChI is InChI=1S/C16H19N5OS/c1-11(2)7-13(18-15(22)12-3-6-23-9-12)14-8-21(20-19-14)16(10-17)4-5-16/h3,6,8-9,11,13H,4-5,7H2,1-2H3,(H,18,22)/t13-/m0/s1. The molecule has 23 heavy (non-hydrogen) atoms. The number of thiophene rings is 1. The lowest BCUT2D eigenvalue weighted by molar-refractivity contribution is 0.0931. The molecule has 2 aromatic rings. The Kier molecular flexibility index (Phi) is 4.18. The maximum absolute atomic E-state index is 12.3. The van der Waals surface area contributed by atoms with Crippen molar-refractivity contribution in [3.05, 3.63) is 34.3 Å². The van der Waals surface area contributed by atoms with Crippen LogP contribution in [0.2, 0.25) is 0 Å². The number of carbonyl (C=O) groups excluding carboxylic acids is 1. The molecule has 1 N–H and O–H groups in total. The molecule has 2 aromatic heterocycles. The van der Waals surface area contributed by atoms with Crippen molar-refractivity contribution in [1.29, 1.82) is 5.26 Å². The predicted molar refractivity (Wildman–Crippen MR) is 86.8 cm³/mol. The summed E-state index contributed by atoms with van der Waals surface area (Å²) in [6, 6.07) is 3.90. The quantitative estimate of drug-likeness (QED) is 0.883. The minimum absolute atomic E-state index is 0.104. The maximum atomic E-state index is 12.3. The van der Waals surface area contributed by atoms with Gasteiger partial charge < -0.3 is 5.32 Å². The average Bonchev–Trinajstić information content (AvgIpc) is 2.95. The first-order valence-corrected chi connectivity index (χ1v) is 8.65. The van der Waals surface area contributed by atoms with Crippen LogP contribution in [0, 0.1) is 17.2 Å². The Balaban J connectivity index is 1.79. The molecule has 120 valence electrons. The van der Waals surface area contributed by atoms with Crippen molar-refractivity contribution in [2.45, 2.75) is 44.7 Å². The molecule has 1 atom stereocenters. The summed E-state index contributed by atoms with van der Waals surface area (Å²) in [5, 5.41) is 24.3. The number of amides is 1. The molecule has 1 fully saturated rings. The van der Waals surface area contributed by atoms with Crippen LogP contribution in [0.5, 0.6) is 0 Å². The second-order valence-corrected chi connectivity index (χ2v) is 7.18. The maximum Gasteiger partial charge on any atom is 0.252 e. The first-order chi connectivity index (χ1) is 11.0. The monoisotopic (exact) mass is 329 g/mol. The Morgan fingerprint density at radius 2 is 2.35 bits per heavy atom. The number of carbonyl (C=O) groups is 1. The molecular weight excluding hydrogens is 310 g/mol. The molecule has 1 aliphatic carbocycles. The minimum atomic E-state index is -0.523. The fraction of sp³-hybridized carbons (Fsp3) is 0.500. The van der Waals surface area contributed by atoms with Gasteiger partial charge in [0.2, 0.25) is 0 Å². The van der Waals surface area contributed by atoms with Crippen LogP contribution in [-0.2, 0) is 5.54 Å². The Bertz CT molecular complexity index is 724. The molecule has 2 heterocycles. The number of nitrogens with zero attached hydrogens (tertiary/aromatic N) is 4. The van der Waals surface area contributed by atoms with Crippen LogP contribution in [0.25, 0.3) is 0 Å². The molecule has 0 saturated heterocycles. The zero-order valence-electron chi connectivity index (χ0n) is 13.2. The number of aromatic nitrogens is 3. The van der Waals surface area contributed by atoms with E-state index in [1.54, 1.807) is 16.9 Å². The van der Waals surface area contributed by atoms with Crippen molar-refractivity contribution in [3.63, 3.8) is 0 Å². The van der Waals surface area contributed by atoms with Crippen molar-refractivity contribution in [1.82, 2.24) is 20.3 Å². The minimum Gasteiger partial charge on any atom is -0.343 e. The third-order valence-electron chi connectivity index (χ3n) is 4.03. The molecular formula is C16H19N5OS. The van der Waals surface area contributed by atoms with Gasteiger partial charge in [-0.3, -0.25) is 4.79 Å². The van der Waals surface area contributed by atoms with E-state index in [2.05, 4.69) is 35.5 Å². The van der Waals surface area contributed by atoms with E-state index in [9.17, 15) is 10.1 Å². The molecule has 0 aliphatic heterocycles. The Labute approximate surface area is 139 Å². The highest BCUT2D eigenvalue weighted by molar-refractivity contribution is 7.08. The summed E-state index contributed by atoms with van der Waals surface area (Å²) < 4.78 is 1.65. The Morgan fingerprint density at radius 1 is 1.57 bits per heavy atom. The average molecular weight is 329 g/mol. The molecule has 0 radical (unpaired) electrons. The third kappa shape index (κ3) is 3.27. The second kappa shape index (κ2) is 6.13. The lowest BCUT2D eigenvalue weighted by atomic mass is 10.0. The van der Waals surface area contributed by atoms with Crippen LogP contribution < -0.4 is 5.32 Å². The SMILES string of the molecule is CC(C)C[C@H](NC(=O)c1ccsc1)c1cn(C2(C#N)CC2)nn1. The molecule has 1 saturated carbocycles. The van der Waals surface area contributed by atoms with Gasteiger partial charge in [-0.05, 0) is 36.6 Å². The van der Waals surface area contributed by atoms with Crippen LogP contribution in [0.1, 0.15) is 55.2 Å². The van der Waals surface area contributed by atoms with Gasteiger partial charge in [-0.1, -0.05) is 19.1 Å². The van der Waals surface area contributed by atoms with Gasteiger partial charge in [-0.15, -0.1) is 5.10 Å². The van der Waals surface area contributed by atoms with E-state index in [1.165, 1.54) is 11.3 Å². The molecule has 7 heteroatoms. The van der Waals surface area contributed by atoms with Gasteiger partial charge in [0.15, 0.2) is 5.54 Å². The smallest absolute Gasteiger partial charge is 0.252 e. The Morgan fingerprint density at radius 3 is 2.91 bits per heavy atom. The summed E-state index contributed by atoms with van der Waals surface area (Å²) in [7, 11) is 0. The van der Waals surface area contributed by atoms with Gasteiger partial charge in [-0.25, -0.2) is 4.68 Å². The highest BCUT2D eigenvalue weighted by Gasteiger charge is 2.46. The molecule has 6 nitrogen and oxygen atoms in total. The third-order valence-corrected chi connectivity index (χ3v) is 4.72. The summed E-state index contributed by atoms with van der Waals surface area (Å²) in [5.74, 6) is 0.298. The van der Waals surface area contributed by atoms with Crippen molar-refractivity contribution >= 4 is 17.2 Å². The van der Waals surface area contributed by atoms with Crippen LogP contribution in [-0.4, -0.2) is 20.9 Å². The number of hydrogen-bond donors (Lipinski definition) is 1. The van der Waals surface area contributed by atoms with Crippen molar-refractivity contribution in [3.8, 4) is 6.07 Å². The van der Waals surface area contributed by atoms with Crippen molar-refractivity contribution in [2.75, 3.05) is 0 Å². The van der Waals surface area contributed by atoms with Gasteiger partial charge in [0, 0.05) is 5.38 Å². The molecule has 3 rings (SSSR count). The number of nitrogens with one attached hydrogen (secondary N) is 1. The molecule has 0 bridgehead atoms. The lowest BCUT2D eigenvalue weighted by Crippen LogP contribution is -2.29. The molecule has 1 amide bonds. The first-order valence-electron chi connectivity index (χ1n) is 7.71. The van der Waals surface area contributed by atoms with E-state index in [0.717, 1.165) is 19.3 Å². The van der Waals surface area contributed by atoms with Gasteiger partial charge in [0.25, 0.3) is 5.91 Å². The normalized spacial score (nSPS) is 16.8. The van der Waals surface area contributed by atoms with Gasteiger partial charge in [0.1, 0.15) is 5.69 Å². The number of hydrogen-bond acceptors (Lipinski definition) is 5. The van der Waals surface area contributed by atoms with E-state index in [0.29, 0.717) is 17.2 Å². The van der Waals surface area contributed by atoms with Crippen LogP contribution in [0.15, 0.2) is 23.0 Å². The van der Waals surface area contributed by atoms with Crippen LogP contribution in [0.4, 0.5) is 0 Å². The molecule has 1 aliphatic rings. The summed E-state index contributed by atoms with van der Waals surface area (Å²) in [4.78, 5) is 12.3. The largest absolute Gasteiger partial charge is 0.343 e. The summed E-state index contributed by atoms with van der Waals surface area (Å²) >= 11 is 1.49. The predicted octanol–water partition coefficient (Wildman–Crippen LogP) is 2.87. The van der Waals surface area contributed by atoms with E-state index in [1.807, 2.05) is 10.8 Å². The number of rotatable bonds is 6. The lowest BCUT2D eigenvalue weighted by Gasteiger charge is -2.18. The first kappa shape index (κ1) is 15.7. The topological polar surface area (TPSA) is 83.6 Å². The van der Waals surface area contributed by atoms with Gasteiger partial charge >= 0.3 is 0 Å². The zero-order chi connectivity index (χ0) is 16.4. The fourth-order valence-corrected chi connectivity index (χ4v) is 3.15. The Hall–Kier alpha value is -2.20. The van der Waals surface area contributed by atoms with E-state index in [-0.39, 0.29) is 11.9 Å². The van der Waals surface area contributed by atoms with Crippen molar-refractivity contribution < 1.29 is 4.79 Å². The molecule has 0 unspecified atom stereocenters. The van der Waals surface area contributed by atoms with Crippen molar-refractivity contribution in [2.24, 2.45) is 5.92 Å². The summed E-state index contributed by atoms with van der Waals surface area (Å²) in [6.45, 7) is 4.21. The molecule has 0 spiro atoms. The van der Waals surface area contributed by atoms with E-state index in [4.69, 9.17) is 0 Å². The van der Waals surface area contributed by atoms with E-state index >= 15 is 0 Å². The second-order valence-electron chi connectivity index (χ2n) is 6.40. The highest BCUT2D eigenvalue weighted by Crippen LogP contribution is 2.42. The molecule has 0 aromatic carbocycles. The number of nitriles is 1. The van der Waals surface area contributed by atoms with Crippen LogP contribution in [0.3, 0.4) is 0 Å². The highest BCUT2D eigenvalue weighted by atomic mass is 32.1. The zero-order valence-corrected chi connectivity index (χ0v) is 14.0. The summed E-state index contributed by atoms with van der Waals surface area (Å²) in [5.41, 5.74) is 0.848. The summed E-state index contributed by atoms with van der Waals surface area (Å²) in [6.07, 6.45) is 4.19. The fourth-order valence-electron chi connectivity index (χ4n) is 2.52. The van der Waals surface area contributed by atoms with Gasteiger partial charge in [0.05, 0.1) is 23.9 Å². The van der Waals surface area contributed by atoms with Gasteiger partial charge in [-0.2, -0.15) is 16.6 Å². The van der Waals surface area contributed by atoms with Crippen LogP contribution >= 0.6 is 11.3 Å².